The van der Waals surface area contributed by atoms with Gasteiger partial charge in [0, 0.05) is 18.5 Å². The maximum atomic E-state index is 12.0. The van der Waals surface area contributed by atoms with E-state index in [0.29, 0.717) is 14.9 Å². The molecule has 0 aliphatic carbocycles. The number of hydrogen-bond acceptors (Lipinski definition) is 4. The molecule has 0 aliphatic rings. The number of nitrogens with one attached hydrogen (secondary N) is 1. The largest absolute Gasteiger partial charge is 0.392 e. The highest BCUT2D eigenvalue weighted by molar-refractivity contribution is 7.18. The van der Waals surface area contributed by atoms with Crippen LogP contribution < -0.4 is 5.32 Å². The zero-order chi connectivity index (χ0) is 16.1. The van der Waals surface area contributed by atoms with E-state index >= 15 is 0 Å². The van der Waals surface area contributed by atoms with Crippen LogP contribution in [0, 0.1) is 6.92 Å². The van der Waals surface area contributed by atoms with Crippen LogP contribution in [0.1, 0.15) is 33.6 Å². The van der Waals surface area contributed by atoms with E-state index in [2.05, 4.69) is 5.32 Å². The molecule has 116 valence electrons. The number of Topliss-reactive ketones (excluding diaryl/α,β-unsaturated/α-hetero) is 1. The molecule has 0 fully saturated rings. The van der Waals surface area contributed by atoms with Gasteiger partial charge in [-0.1, -0.05) is 23.7 Å². The number of hydrogen-bond donors (Lipinski definition) is 2. The van der Waals surface area contributed by atoms with E-state index in [-0.39, 0.29) is 31.1 Å². The normalized spacial score (nSPS) is 10.5. The van der Waals surface area contributed by atoms with Gasteiger partial charge in [0.1, 0.15) is 0 Å². The lowest BCUT2D eigenvalue weighted by atomic mass is 10.1. The number of ketones is 1. The van der Waals surface area contributed by atoms with Crippen molar-refractivity contribution in [2.24, 2.45) is 0 Å². The monoisotopic (exact) mass is 337 g/mol. The van der Waals surface area contributed by atoms with Crippen LogP contribution >= 0.6 is 22.9 Å². The molecule has 0 saturated heterocycles. The fraction of sp³-hybridized carbons (Fsp3) is 0.250. The Morgan fingerprint density at radius 1 is 1.23 bits per heavy atom. The maximum Gasteiger partial charge on any atom is 0.224 e. The maximum absolute atomic E-state index is 12.0. The summed E-state index contributed by atoms with van der Waals surface area (Å²) >= 11 is 7.00. The van der Waals surface area contributed by atoms with Crippen molar-refractivity contribution in [3.05, 3.63) is 50.7 Å². The summed E-state index contributed by atoms with van der Waals surface area (Å²) in [6, 6.07) is 8.70. The van der Waals surface area contributed by atoms with Crippen LogP contribution in [0.25, 0.3) is 0 Å². The lowest BCUT2D eigenvalue weighted by molar-refractivity contribution is -0.116. The zero-order valence-corrected chi connectivity index (χ0v) is 13.6. The predicted molar refractivity (Wildman–Crippen MR) is 88.6 cm³/mol. The van der Waals surface area contributed by atoms with E-state index in [1.54, 1.807) is 24.3 Å². The van der Waals surface area contributed by atoms with Gasteiger partial charge >= 0.3 is 0 Å². The molecule has 1 amide bonds. The van der Waals surface area contributed by atoms with E-state index in [0.717, 1.165) is 11.1 Å². The van der Waals surface area contributed by atoms with Crippen molar-refractivity contribution in [2.75, 3.05) is 5.32 Å². The molecule has 2 N–H and O–H groups in total. The third-order valence-electron chi connectivity index (χ3n) is 3.19. The van der Waals surface area contributed by atoms with Gasteiger partial charge in [0.05, 0.1) is 15.8 Å². The Hall–Kier alpha value is -1.69. The van der Waals surface area contributed by atoms with E-state index in [1.165, 1.54) is 11.3 Å². The highest BCUT2D eigenvalue weighted by Crippen LogP contribution is 2.23. The third kappa shape index (κ3) is 4.40. The fourth-order valence-electron chi connectivity index (χ4n) is 1.93. The third-order valence-corrected chi connectivity index (χ3v) is 4.46. The van der Waals surface area contributed by atoms with Crippen molar-refractivity contribution >= 4 is 40.3 Å². The molecule has 2 aromatic rings. The second-order valence-corrected chi connectivity index (χ2v) is 6.60. The molecule has 1 heterocycles. The summed E-state index contributed by atoms with van der Waals surface area (Å²) in [6.45, 7) is 1.79. The minimum absolute atomic E-state index is 0.0826. The molecule has 0 aliphatic heterocycles. The molecule has 22 heavy (non-hydrogen) atoms. The van der Waals surface area contributed by atoms with Crippen molar-refractivity contribution in [3.63, 3.8) is 0 Å². The van der Waals surface area contributed by atoms with Gasteiger partial charge in [0.15, 0.2) is 5.78 Å². The first-order chi connectivity index (χ1) is 10.5. The summed E-state index contributed by atoms with van der Waals surface area (Å²) < 4.78 is 0.559. The van der Waals surface area contributed by atoms with Gasteiger partial charge in [0.25, 0.3) is 0 Å². The van der Waals surface area contributed by atoms with Crippen LogP contribution in [0.2, 0.25) is 4.34 Å². The van der Waals surface area contributed by atoms with Crippen LogP contribution in [-0.2, 0) is 11.4 Å². The summed E-state index contributed by atoms with van der Waals surface area (Å²) in [5.41, 5.74) is 2.29. The molecule has 0 radical (unpaired) electrons. The van der Waals surface area contributed by atoms with Crippen LogP contribution in [-0.4, -0.2) is 16.8 Å². The number of amides is 1. The first-order valence-electron chi connectivity index (χ1n) is 6.78. The van der Waals surface area contributed by atoms with E-state index < -0.39 is 0 Å². The zero-order valence-electron chi connectivity index (χ0n) is 12.1. The smallest absolute Gasteiger partial charge is 0.224 e. The lowest BCUT2D eigenvalue weighted by Crippen LogP contribution is -2.14. The van der Waals surface area contributed by atoms with Gasteiger partial charge in [0.2, 0.25) is 5.91 Å². The van der Waals surface area contributed by atoms with Crippen molar-refractivity contribution < 1.29 is 14.7 Å². The van der Waals surface area contributed by atoms with Crippen LogP contribution in [0.15, 0.2) is 30.3 Å². The van der Waals surface area contributed by atoms with E-state index in [4.69, 9.17) is 16.7 Å². The minimum atomic E-state index is -0.228. The number of aliphatic hydroxyl groups excluding tert-OH is 1. The van der Waals surface area contributed by atoms with Gasteiger partial charge in [-0.3, -0.25) is 9.59 Å². The number of aliphatic hydroxyl groups is 1. The van der Waals surface area contributed by atoms with Crippen LogP contribution in [0.4, 0.5) is 5.69 Å². The summed E-state index contributed by atoms with van der Waals surface area (Å²) in [4.78, 5) is 24.4. The quantitative estimate of drug-likeness (QED) is 0.788. The average molecular weight is 338 g/mol. The predicted octanol–water partition coefficient (Wildman–Crippen LogP) is 3.80. The first kappa shape index (κ1) is 16.7. The number of halogens is 1. The second kappa shape index (κ2) is 7.54. The van der Waals surface area contributed by atoms with Crippen molar-refractivity contribution in [1.82, 2.24) is 0 Å². The summed E-state index contributed by atoms with van der Waals surface area (Å²) in [5.74, 6) is -0.318. The number of rotatable bonds is 6. The number of aryl methyl sites for hydroxylation is 1. The van der Waals surface area contributed by atoms with Crippen molar-refractivity contribution in [1.29, 1.82) is 0 Å². The standard InChI is InChI=1S/C16H16ClNO3S/c1-10-2-3-11(9-19)8-12(10)18-16(21)7-4-13(20)14-5-6-15(17)22-14/h2-3,5-6,8,19H,4,7,9H2,1H3,(H,18,21). The Morgan fingerprint density at radius 2 is 2.00 bits per heavy atom. The molecule has 2 rings (SSSR count). The van der Waals surface area contributed by atoms with Crippen LogP contribution in [0.3, 0.4) is 0 Å². The highest BCUT2D eigenvalue weighted by Gasteiger charge is 2.12. The summed E-state index contributed by atoms with van der Waals surface area (Å²) in [7, 11) is 0. The molecule has 1 aromatic heterocycles. The van der Waals surface area contributed by atoms with Crippen LogP contribution in [0.5, 0.6) is 0 Å². The van der Waals surface area contributed by atoms with Gasteiger partial charge in [-0.05, 0) is 36.2 Å². The molecular weight excluding hydrogens is 322 g/mol. The molecular formula is C16H16ClNO3S. The Kier molecular flexibility index (Phi) is 5.71. The number of carbonyl (C=O) groups is 2. The van der Waals surface area contributed by atoms with Crippen molar-refractivity contribution in [2.45, 2.75) is 26.4 Å². The van der Waals surface area contributed by atoms with E-state index in [1.807, 2.05) is 13.0 Å². The first-order valence-corrected chi connectivity index (χ1v) is 7.98. The van der Waals surface area contributed by atoms with Crippen molar-refractivity contribution in [3.8, 4) is 0 Å². The SMILES string of the molecule is Cc1ccc(CO)cc1NC(=O)CCC(=O)c1ccc(Cl)s1. The molecule has 0 saturated carbocycles. The molecule has 0 bridgehead atoms. The molecule has 0 spiro atoms. The molecule has 1 aromatic carbocycles. The lowest BCUT2D eigenvalue weighted by Gasteiger charge is -2.09. The fourth-order valence-corrected chi connectivity index (χ4v) is 2.94. The minimum Gasteiger partial charge on any atom is -0.392 e. The summed E-state index contributed by atoms with van der Waals surface area (Å²) in [5, 5.41) is 11.9. The van der Waals surface area contributed by atoms with Gasteiger partial charge < -0.3 is 10.4 Å². The van der Waals surface area contributed by atoms with E-state index in [9.17, 15) is 9.59 Å². The molecule has 0 atom stereocenters. The molecule has 6 heteroatoms. The number of anilines is 1. The molecule has 0 unspecified atom stereocenters. The van der Waals surface area contributed by atoms with Gasteiger partial charge in [-0.2, -0.15) is 0 Å². The Morgan fingerprint density at radius 3 is 2.64 bits per heavy atom. The number of thiophene rings is 1. The number of benzene rings is 1. The Bertz CT molecular complexity index is 696. The highest BCUT2D eigenvalue weighted by atomic mass is 35.5. The van der Waals surface area contributed by atoms with Gasteiger partial charge in [-0.25, -0.2) is 0 Å². The Balaban J connectivity index is 1.92. The van der Waals surface area contributed by atoms with Gasteiger partial charge in [-0.15, -0.1) is 11.3 Å². The average Bonchev–Trinajstić information content (AvgIpc) is 2.93. The summed E-state index contributed by atoms with van der Waals surface area (Å²) in [6.07, 6.45) is 0.249. The molecule has 4 nitrogen and oxygen atoms in total. The topological polar surface area (TPSA) is 66.4 Å². The Labute approximate surface area is 137 Å². The number of carbonyl (C=O) groups excluding carboxylic acids is 2. The second-order valence-electron chi connectivity index (χ2n) is 4.88.